The summed E-state index contributed by atoms with van der Waals surface area (Å²) in [5, 5.41) is 5.19. The summed E-state index contributed by atoms with van der Waals surface area (Å²) in [6, 6.07) is 14.9. The van der Waals surface area contributed by atoms with E-state index in [1.54, 1.807) is 12.4 Å². The second-order valence-electron chi connectivity index (χ2n) is 5.03. The van der Waals surface area contributed by atoms with Gasteiger partial charge >= 0.3 is 5.76 Å². The highest BCUT2D eigenvalue weighted by Crippen LogP contribution is 2.25. The van der Waals surface area contributed by atoms with Gasteiger partial charge in [-0.1, -0.05) is 18.2 Å². The molecule has 3 aromatic heterocycles. The third-order valence-corrected chi connectivity index (χ3v) is 3.52. The van der Waals surface area contributed by atoms with Crippen LogP contribution in [0.3, 0.4) is 0 Å². The fourth-order valence-corrected chi connectivity index (χ4v) is 2.45. The van der Waals surface area contributed by atoms with Gasteiger partial charge in [0.1, 0.15) is 0 Å². The zero-order valence-corrected chi connectivity index (χ0v) is 12.1. The van der Waals surface area contributed by atoms with Gasteiger partial charge in [-0.05, 0) is 30.3 Å². The van der Waals surface area contributed by atoms with Gasteiger partial charge in [-0.3, -0.25) is 9.97 Å². The molecule has 0 atom stereocenters. The number of aromatic nitrogens is 4. The lowest BCUT2D eigenvalue weighted by atomic mass is 10.1. The normalized spacial score (nSPS) is 11.0. The Hall–Kier alpha value is -3.28. The van der Waals surface area contributed by atoms with Crippen molar-refractivity contribution in [2.24, 2.45) is 0 Å². The number of benzene rings is 1. The van der Waals surface area contributed by atoms with Crippen molar-refractivity contribution >= 4 is 10.9 Å². The van der Waals surface area contributed by atoms with E-state index in [0.29, 0.717) is 0 Å². The molecule has 0 bridgehead atoms. The maximum atomic E-state index is 12.0. The van der Waals surface area contributed by atoms with Crippen LogP contribution in [0.5, 0.6) is 0 Å². The standard InChI is InChI=1S/C17H12N4O2/c22-17-21(11-12-5-1-2-9-18-12)20-16(23-17)14-6-3-8-15-13(14)7-4-10-19-15/h1-10H,11H2. The van der Waals surface area contributed by atoms with Crippen molar-refractivity contribution in [1.82, 2.24) is 19.7 Å². The monoisotopic (exact) mass is 304 g/mol. The first-order chi connectivity index (χ1) is 11.3. The highest BCUT2D eigenvalue weighted by molar-refractivity contribution is 5.92. The second-order valence-corrected chi connectivity index (χ2v) is 5.03. The van der Waals surface area contributed by atoms with Crippen LogP contribution in [0.4, 0.5) is 0 Å². The first-order valence-corrected chi connectivity index (χ1v) is 7.13. The predicted octanol–water partition coefficient (Wildman–Crippen LogP) is 2.49. The number of hydrogen-bond acceptors (Lipinski definition) is 5. The van der Waals surface area contributed by atoms with Crippen molar-refractivity contribution in [1.29, 1.82) is 0 Å². The summed E-state index contributed by atoms with van der Waals surface area (Å²) in [6.07, 6.45) is 3.40. The van der Waals surface area contributed by atoms with Gasteiger partial charge in [-0.25, -0.2) is 4.79 Å². The average molecular weight is 304 g/mol. The molecule has 0 N–H and O–H groups in total. The average Bonchev–Trinajstić information content (AvgIpc) is 2.96. The lowest BCUT2D eigenvalue weighted by Crippen LogP contribution is -2.17. The SMILES string of the molecule is O=c1oc(-c2cccc3ncccc23)nn1Cc1ccccn1. The first-order valence-electron chi connectivity index (χ1n) is 7.13. The molecule has 0 unspecified atom stereocenters. The Bertz CT molecular complexity index is 1020. The van der Waals surface area contributed by atoms with Crippen LogP contribution in [0.25, 0.3) is 22.4 Å². The smallest absolute Gasteiger partial charge is 0.388 e. The summed E-state index contributed by atoms with van der Waals surface area (Å²) in [7, 11) is 0. The summed E-state index contributed by atoms with van der Waals surface area (Å²) in [6.45, 7) is 0.270. The molecule has 0 radical (unpaired) electrons. The molecule has 23 heavy (non-hydrogen) atoms. The molecule has 6 nitrogen and oxygen atoms in total. The van der Waals surface area contributed by atoms with Crippen molar-refractivity contribution in [2.45, 2.75) is 6.54 Å². The van der Waals surface area contributed by atoms with Crippen molar-refractivity contribution < 1.29 is 4.42 Å². The van der Waals surface area contributed by atoms with E-state index in [1.807, 2.05) is 48.5 Å². The highest BCUT2D eigenvalue weighted by atomic mass is 16.4. The fourth-order valence-electron chi connectivity index (χ4n) is 2.45. The molecule has 3 heterocycles. The number of fused-ring (bicyclic) bond motifs is 1. The Morgan fingerprint density at radius 2 is 1.87 bits per heavy atom. The Balaban J connectivity index is 1.78. The Morgan fingerprint density at radius 1 is 0.957 bits per heavy atom. The molecule has 0 saturated heterocycles. The van der Waals surface area contributed by atoms with E-state index >= 15 is 0 Å². The minimum atomic E-state index is -0.508. The minimum absolute atomic E-state index is 0.270. The quantitative estimate of drug-likeness (QED) is 0.581. The molecule has 4 aromatic rings. The molecule has 0 spiro atoms. The largest absolute Gasteiger partial charge is 0.437 e. The molecule has 112 valence electrons. The van der Waals surface area contributed by atoms with Crippen molar-refractivity contribution in [3.63, 3.8) is 0 Å². The number of rotatable bonds is 3. The van der Waals surface area contributed by atoms with Gasteiger partial charge in [0.15, 0.2) is 0 Å². The third-order valence-electron chi connectivity index (χ3n) is 3.52. The maximum absolute atomic E-state index is 12.0. The van der Waals surface area contributed by atoms with Crippen LogP contribution in [0.15, 0.2) is 70.1 Å². The summed E-state index contributed by atoms with van der Waals surface area (Å²) in [4.78, 5) is 20.5. The summed E-state index contributed by atoms with van der Waals surface area (Å²) in [5.74, 6) is -0.226. The number of nitrogens with zero attached hydrogens (tertiary/aromatic N) is 4. The van der Waals surface area contributed by atoms with Crippen LogP contribution >= 0.6 is 0 Å². The van der Waals surface area contributed by atoms with Crippen molar-refractivity contribution in [3.8, 4) is 11.5 Å². The first kappa shape index (κ1) is 13.4. The molecular formula is C17H12N4O2. The topological polar surface area (TPSA) is 73.8 Å². The zero-order valence-electron chi connectivity index (χ0n) is 12.1. The van der Waals surface area contributed by atoms with Crippen molar-refractivity contribution in [3.05, 3.63) is 77.2 Å². The summed E-state index contributed by atoms with van der Waals surface area (Å²) < 4.78 is 6.59. The molecular weight excluding hydrogens is 292 g/mol. The molecule has 6 heteroatoms. The van der Waals surface area contributed by atoms with Gasteiger partial charge in [0, 0.05) is 23.3 Å². The van der Waals surface area contributed by atoms with E-state index in [1.165, 1.54) is 4.68 Å². The van der Waals surface area contributed by atoms with Crippen LogP contribution in [-0.2, 0) is 6.54 Å². The minimum Gasteiger partial charge on any atom is -0.388 e. The fraction of sp³-hybridized carbons (Fsp3) is 0.0588. The van der Waals surface area contributed by atoms with Crippen LogP contribution in [-0.4, -0.2) is 19.7 Å². The molecule has 0 amide bonds. The van der Waals surface area contributed by atoms with Crippen LogP contribution in [0, 0.1) is 0 Å². The van der Waals surface area contributed by atoms with E-state index in [0.717, 1.165) is 22.2 Å². The van der Waals surface area contributed by atoms with Gasteiger partial charge in [-0.2, -0.15) is 4.68 Å². The third kappa shape index (κ3) is 2.50. The molecule has 1 aromatic carbocycles. The molecule has 0 fully saturated rings. The van der Waals surface area contributed by atoms with E-state index in [4.69, 9.17) is 4.42 Å². The van der Waals surface area contributed by atoms with E-state index in [9.17, 15) is 4.79 Å². The Kier molecular flexibility index (Phi) is 3.20. The predicted molar refractivity (Wildman–Crippen MR) is 84.8 cm³/mol. The Labute approximate surface area is 131 Å². The van der Waals surface area contributed by atoms with Gasteiger partial charge < -0.3 is 4.42 Å². The summed E-state index contributed by atoms with van der Waals surface area (Å²) in [5.41, 5.74) is 2.31. The zero-order chi connectivity index (χ0) is 15.6. The molecule has 0 saturated carbocycles. The number of hydrogen-bond donors (Lipinski definition) is 0. The molecule has 0 aliphatic heterocycles. The van der Waals surface area contributed by atoms with Gasteiger partial charge in [0.25, 0.3) is 0 Å². The second kappa shape index (κ2) is 5.49. The number of pyridine rings is 2. The van der Waals surface area contributed by atoms with Crippen molar-refractivity contribution in [2.75, 3.05) is 0 Å². The van der Waals surface area contributed by atoms with Crippen LogP contribution in [0.1, 0.15) is 5.69 Å². The van der Waals surface area contributed by atoms with E-state index in [-0.39, 0.29) is 12.4 Å². The van der Waals surface area contributed by atoms with Gasteiger partial charge in [0.05, 0.1) is 17.8 Å². The lowest BCUT2D eigenvalue weighted by Gasteiger charge is -2.01. The van der Waals surface area contributed by atoms with Crippen LogP contribution < -0.4 is 5.76 Å². The van der Waals surface area contributed by atoms with E-state index < -0.39 is 5.76 Å². The maximum Gasteiger partial charge on any atom is 0.437 e. The summed E-state index contributed by atoms with van der Waals surface area (Å²) >= 11 is 0. The van der Waals surface area contributed by atoms with Gasteiger partial charge in [0.2, 0.25) is 5.89 Å². The van der Waals surface area contributed by atoms with Crippen LogP contribution in [0.2, 0.25) is 0 Å². The molecule has 0 aliphatic carbocycles. The lowest BCUT2D eigenvalue weighted by molar-refractivity contribution is 0.493. The Morgan fingerprint density at radius 3 is 2.74 bits per heavy atom. The van der Waals surface area contributed by atoms with Gasteiger partial charge in [-0.15, -0.1) is 5.10 Å². The van der Waals surface area contributed by atoms with E-state index in [2.05, 4.69) is 15.1 Å². The highest BCUT2D eigenvalue weighted by Gasteiger charge is 2.13. The molecule has 4 rings (SSSR count). The molecule has 0 aliphatic rings.